The standard InChI is InChI=1S/C20H31N5O/c1-15(25-11-9-24(4)10-12-25)13-22-20(21-3)23-14-19-16(2)17-7-5-6-8-18(17)26-19/h5-8,15H,9-14H2,1-4H3,(H2,21,22,23). The van der Waals surface area contributed by atoms with Crippen LogP contribution in [0.3, 0.4) is 0 Å². The molecule has 0 bridgehead atoms. The molecule has 2 aromatic rings. The molecule has 2 heterocycles. The fraction of sp³-hybridized carbons (Fsp3) is 0.550. The molecule has 1 saturated heterocycles. The molecular weight excluding hydrogens is 326 g/mol. The molecule has 0 saturated carbocycles. The van der Waals surface area contributed by atoms with E-state index in [0.717, 1.165) is 50.0 Å². The number of para-hydroxylation sites is 1. The number of fused-ring (bicyclic) bond motifs is 1. The highest BCUT2D eigenvalue weighted by Crippen LogP contribution is 2.24. The number of hydrogen-bond donors (Lipinski definition) is 2. The first-order chi connectivity index (χ1) is 12.6. The van der Waals surface area contributed by atoms with Crippen molar-refractivity contribution in [1.29, 1.82) is 0 Å². The van der Waals surface area contributed by atoms with Gasteiger partial charge in [0, 0.05) is 56.8 Å². The van der Waals surface area contributed by atoms with Crippen molar-refractivity contribution in [3.63, 3.8) is 0 Å². The fourth-order valence-corrected chi connectivity index (χ4v) is 3.41. The smallest absolute Gasteiger partial charge is 0.191 e. The Morgan fingerprint density at radius 3 is 2.62 bits per heavy atom. The topological polar surface area (TPSA) is 56.0 Å². The van der Waals surface area contributed by atoms with Gasteiger partial charge >= 0.3 is 0 Å². The largest absolute Gasteiger partial charge is 0.459 e. The summed E-state index contributed by atoms with van der Waals surface area (Å²) < 4.78 is 5.97. The van der Waals surface area contributed by atoms with Gasteiger partial charge < -0.3 is 20.0 Å². The zero-order chi connectivity index (χ0) is 18.5. The highest BCUT2D eigenvalue weighted by molar-refractivity contribution is 5.82. The van der Waals surface area contributed by atoms with Crippen LogP contribution in [0.15, 0.2) is 33.7 Å². The molecule has 3 rings (SSSR count). The van der Waals surface area contributed by atoms with Crippen molar-refractivity contribution in [2.45, 2.75) is 26.4 Å². The quantitative estimate of drug-likeness (QED) is 0.634. The Labute approximate surface area is 156 Å². The maximum Gasteiger partial charge on any atom is 0.191 e. The molecule has 1 aromatic heterocycles. The lowest BCUT2D eigenvalue weighted by molar-refractivity contribution is 0.120. The van der Waals surface area contributed by atoms with Gasteiger partial charge in [0.15, 0.2) is 5.96 Å². The molecule has 6 heteroatoms. The predicted octanol–water partition coefficient (Wildman–Crippen LogP) is 2.04. The van der Waals surface area contributed by atoms with E-state index in [2.05, 4.69) is 52.4 Å². The van der Waals surface area contributed by atoms with Crippen LogP contribution >= 0.6 is 0 Å². The van der Waals surface area contributed by atoms with Gasteiger partial charge in [-0.05, 0) is 27.0 Å². The second-order valence-corrected chi connectivity index (χ2v) is 7.14. The Balaban J connectivity index is 1.50. The van der Waals surface area contributed by atoms with Crippen molar-refractivity contribution in [3.8, 4) is 0 Å². The van der Waals surface area contributed by atoms with Crippen LogP contribution in [0.1, 0.15) is 18.2 Å². The Kier molecular flexibility index (Phi) is 6.16. The molecule has 1 fully saturated rings. The highest BCUT2D eigenvalue weighted by Gasteiger charge is 2.19. The van der Waals surface area contributed by atoms with Crippen LogP contribution in [0, 0.1) is 6.92 Å². The third-order valence-corrected chi connectivity index (χ3v) is 5.31. The van der Waals surface area contributed by atoms with Gasteiger partial charge in [-0.1, -0.05) is 18.2 Å². The summed E-state index contributed by atoms with van der Waals surface area (Å²) >= 11 is 0. The predicted molar refractivity (Wildman–Crippen MR) is 108 cm³/mol. The first-order valence-electron chi connectivity index (χ1n) is 9.42. The van der Waals surface area contributed by atoms with Crippen molar-refractivity contribution < 1.29 is 4.42 Å². The van der Waals surface area contributed by atoms with E-state index in [9.17, 15) is 0 Å². The van der Waals surface area contributed by atoms with Crippen molar-refractivity contribution in [3.05, 3.63) is 35.6 Å². The Morgan fingerprint density at radius 2 is 1.92 bits per heavy atom. The average Bonchev–Trinajstić information content (AvgIpc) is 2.98. The normalized spacial score (nSPS) is 18.2. The van der Waals surface area contributed by atoms with E-state index >= 15 is 0 Å². The zero-order valence-electron chi connectivity index (χ0n) is 16.4. The van der Waals surface area contributed by atoms with E-state index in [-0.39, 0.29) is 0 Å². The van der Waals surface area contributed by atoms with Crippen molar-refractivity contribution in [2.24, 2.45) is 4.99 Å². The Hall–Kier alpha value is -2.05. The molecule has 1 aromatic carbocycles. The van der Waals surface area contributed by atoms with Gasteiger partial charge in [0.25, 0.3) is 0 Å². The van der Waals surface area contributed by atoms with E-state index in [4.69, 9.17) is 4.42 Å². The molecule has 0 radical (unpaired) electrons. The van der Waals surface area contributed by atoms with E-state index in [1.165, 1.54) is 10.9 Å². The minimum atomic E-state index is 0.482. The maximum absolute atomic E-state index is 5.97. The number of rotatable bonds is 5. The summed E-state index contributed by atoms with van der Waals surface area (Å²) in [5.41, 5.74) is 2.13. The average molecular weight is 358 g/mol. The molecular formula is C20H31N5O. The van der Waals surface area contributed by atoms with Crippen LogP contribution in [-0.4, -0.2) is 68.6 Å². The summed E-state index contributed by atoms with van der Waals surface area (Å²) in [6.45, 7) is 10.4. The molecule has 1 atom stereocenters. The number of hydrogen-bond acceptors (Lipinski definition) is 4. The molecule has 0 spiro atoms. The zero-order valence-corrected chi connectivity index (χ0v) is 16.4. The number of aliphatic imine (C=N–C) groups is 1. The number of furan rings is 1. The van der Waals surface area contributed by atoms with E-state index in [1.807, 2.05) is 18.2 Å². The summed E-state index contributed by atoms with van der Waals surface area (Å²) in [5, 5.41) is 7.99. The maximum atomic E-state index is 5.97. The number of nitrogens with zero attached hydrogens (tertiary/aromatic N) is 3. The second kappa shape index (κ2) is 8.56. The van der Waals surface area contributed by atoms with Gasteiger partial charge in [-0.3, -0.25) is 9.89 Å². The number of likely N-dealkylation sites (N-methyl/N-ethyl adjacent to an activating group) is 1. The third kappa shape index (κ3) is 4.37. The molecule has 142 valence electrons. The lowest BCUT2D eigenvalue weighted by atomic mass is 10.1. The first kappa shape index (κ1) is 18.7. The first-order valence-corrected chi connectivity index (χ1v) is 9.42. The SMILES string of the molecule is CN=C(NCc1oc2ccccc2c1C)NCC(C)N1CCN(C)CC1. The van der Waals surface area contributed by atoms with Gasteiger partial charge in [-0.25, -0.2) is 0 Å². The molecule has 2 N–H and O–H groups in total. The number of benzene rings is 1. The van der Waals surface area contributed by atoms with Gasteiger partial charge in [0.1, 0.15) is 11.3 Å². The number of nitrogens with one attached hydrogen (secondary N) is 2. The van der Waals surface area contributed by atoms with Crippen molar-refractivity contribution in [2.75, 3.05) is 46.8 Å². The highest BCUT2D eigenvalue weighted by atomic mass is 16.3. The number of piperazine rings is 1. The van der Waals surface area contributed by atoms with Crippen LogP contribution in [0.2, 0.25) is 0 Å². The van der Waals surface area contributed by atoms with Crippen LogP contribution in [0.25, 0.3) is 11.0 Å². The van der Waals surface area contributed by atoms with Gasteiger partial charge in [-0.2, -0.15) is 0 Å². The second-order valence-electron chi connectivity index (χ2n) is 7.14. The van der Waals surface area contributed by atoms with Gasteiger partial charge in [-0.15, -0.1) is 0 Å². The lowest BCUT2D eigenvalue weighted by Crippen LogP contribution is -2.52. The van der Waals surface area contributed by atoms with E-state index in [0.29, 0.717) is 12.6 Å². The van der Waals surface area contributed by atoms with Crippen LogP contribution in [0.4, 0.5) is 0 Å². The van der Waals surface area contributed by atoms with Gasteiger partial charge in [0.05, 0.1) is 6.54 Å². The summed E-state index contributed by atoms with van der Waals surface area (Å²) in [7, 11) is 3.99. The van der Waals surface area contributed by atoms with E-state index in [1.54, 1.807) is 7.05 Å². The van der Waals surface area contributed by atoms with Crippen LogP contribution in [0.5, 0.6) is 0 Å². The summed E-state index contributed by atoms with van der Waals surface area (Å²) in [6.07, 6.45) is 0. The van der Waals surface area contributed by atoms with Gasteiger partial charge in [0.2, 0.25) is 0 Å². The Morgan fingerprint density at radius 1 is 1.19 bits per heavy atom. The Bertz CT molecular complexity index is 746. The summed E-state index contributed by atoms with van der Waals surface area (Å²) in [6, 6.07) is 8.64. The minimum Gasteiger partial charge on any atom is -0.459 e. The third-order valence-electron chi connectivity index (χ3n) is 5.31. The molecule has 6 nitrogen and oxygen atoms in total. The van der Waals surface area contributed by atoms with Crippen LogP contribution < -0.4 is 10.6 Å². The summed E-state index contributed by atoms with van der Waals surface area (Å²) in [5.74, 6) is 1.77. The monoisotopic (exact) mass is 357 g/mol. The lowest BCUT2D eigenvalue weighted by Gasteiger charge is -2.36. The number of guanidine groups is 1. The van der Waals surface area contributed by atoms with Crippen molar-refractivity contribution >= 4 is 16.9 Å². The minimum absolute atomic E-state index is 0.482. The molecule has 1 aliphatic rings. The molecule has 26 heavy (non-hydrogen) atoms. The molecule has 0 aliphatic carbocycles. The van der Waals surface area contributed by atoms with Crippen molar-refractivity contribution in [1.82, 2.24) is 20.4 Å². The fourth-order valence-electron chi connectivity index (χ4n) is 3.41. The van der Waals surface area contributed by atoms with E-state index < -0.39 is 0 Å². The molecule has 0 amide bonds. The number of aryl methyl sites for hydroxylation is 1. The molecule has 1 aliphatic heterocycles. The molecule has 1 unspecified atom stereocenters. The summed E-state index contributed by atoms with van der Waals surface area (Å²) in [4.78, 5) is 9.26. The van der Waals surface area contributed by atoms with Crippen LogP contribution in [-0.2, 0) is 6.54 Å².